The first kappa shape index (κ1) is 14.3. The number of rotatable bonds is 5. The van der Waals surface area contributed by atoms with Crippen LogP contribution < -0.4 is 5.32 Å². The second-order valence-corrected chi connectivity index (χ2v) is 5.97. The van der Waals surface area contributed by atoms with Crippen LogP contribution in [-0.4, -0.2) is 45.6 Å². The normalized spacial score (nSPS) is 27.2. The third-order valence-electron chi connectivity index (χ3n) is 3.52. The number of esters is 1. The summed E-state index contributed by atoms with van der Waals surface area (Å²) in [5, 5.41) is 11.0. The van der Waals surface area contributed by atoms with E-state index in [2.05, 4.69) is 20.5 Å². The summed E-state index contributed by atoms with van der Waals surface area (Å²) in [7, 11) is 1.83. The molecule has 2 rings (SSSR count). The minimum atomic E-state index is -0.550. The van der Waals surface area contributed by atoms with Gasteiger partial charge in [-0.15, -0.1) is 0 Å². The Balaban J connectivity index is 2.03. The highest BCUT2D eigenvalue weighted by Gasteiger charge is 2.43. The van der Waals surface area contributed by atoms with Gasteiger partial charge >= 0.3 is 5.97 Å². The molecule has 0 radical (unpaired) electrons. The highest BCUT2D eigenvalue weighted by molar-refractivity contribution is 7.99. The average Bonchev–Trinajstić information content (AvgIpc) is 2.92. The molecular formula is C12H20N4O2S. The number of thioether (sulfide) groups is 1. The van der Waals surface area contributed by atoms with Crippen LogP contribution in [0.1, 0.15) is 32.6 Å². The van der Waals surface area contributed by atoms with Crippen LogP contribution in [-0.2, 0) is 9.53 Å². The molecule has 6 nitrogen and oxygen atoms in total. The molecule has 1 aromatic rings. The van der Waals surface area contributed by atoms with Crippen molar-refractivity contribution in [1.29, 1.82) is 0 Å². The highest BCUT2D eigenvalue weighted by atomic mass is 32.2. The fourth-order valence-electron chi connectivity index (χ4n) is 2.52. The number of H-pyrrole nitrogens is 1. The summed E-state index contributed by atoms with van der Waals surface area (Å²) in [5.41, 5.74) is -0.550. The second-order valence-electron chi connectivity index (χ2n) is 4.68. The predicted molar refractivity (Wildman–Crippen MR) is 72.9 cm³/mol. The van der Waals surface area contributed by atoms with E-state index >= 15 is 0 Å². The van der Waals surface area contributed by atoms with Crippen LogP contribution in [0.5, 0.6) is 0 Å². The van der Waals surface area contributed by atoms with E-state index in [0.717, 1.165) is 30.8 Å². The molecule has 1 heterocycles. The molecule has 1 fully saturated rings. The molecule has 0 spiro atoms. The van der Waals surface area contributed by atoms with Gasteiger partial charge in [-0.1, -0.05) is 11.8 Å². The molecular weight excluding hydrogens is 264 g/mol. The number of carbonyl (C=O) groups excluding carboxylic acids is 1. The van der Waals surface area contributed by atoms with Gasteiger partial charge in [-0.2, -0.15) is 5.10 Å². The first-order chi connectivity index (χ1) is 9.20. The Hall–Kier alpha value is -1.08. The van der Waals surface area contributed by atoms with Gasteiger partial charge < -0.3 is 10.1 Å². The fourth-order valence-corrected chi connectivity index (χ4v) is 3.70. The minimum absolute atomic E-state index is 0.139. The van der Waals surface area contributed by atoms with Crippen molar-refractivity contribution in [2.75, 3.05) is 13.7 Å². The van der Waals surface area contributed by atoms with Crippen LogP contribution in [0, 0.1) is 0 Å². The largest absolute Gasteiger partial charge is 0.465 e. The average molecular weight is 284 g/mol. The Morgan fingerprint density at radius 1 is 1.74 bits per heavy atom. The smallest absolute Gasteiger partial charge is 0.326 e. The van der Waals surface area contributed by atoms with Crippen molar-refractivity contribution < 1.29 is 9.53 Å². The minimum Gasteiger partial charge on any atom is -0.465 e. The number of carbonyl (C=O) groups is 1. The summed E-state index contributed by atoms with van der Waals surface area (Å²) in [6.07, 6.45) is 5.17. The molecule has 0 amide bonds. The third-order valence-corrected chi connectivity index (χ3v) is 4.68. The zero-order valence-corrected chi connectivity index (χ0v) is 12.1. The lowest BCUT2D eigenvalue weighted by molar-refractivity contribution is -0.152. The lowest BCUT2D eigenvalue weighted by atomic mass is 9.81. The van der Waals surface area contributed by atoms with Gasteiger partial charge in [0, 0.05) is 5.25 Å². The first-order valence-corrected chi connectivity index (χ1v) is 7.46. The number of ether oxygens (including phenoxy) is 1. The van der Waals surface area contributed by atoms with Crippen LogP contribution in [0.3, 0.4) is 0 Å². The van der Waals surface area contributed by atoms with Crippen LogP contribution in [0.25, 0.3) is 0 Å². The molecule has 1 aliphatic rings. The molecule has 106 valence electrons. The Labute approximate surface area is 117 Å². The van der Waals surface area contributed by atoms with E-state index in [4.69, 9.17) is 4.74 Å². The van der Waals surface area contributed by atoms with Crippen molar-refractivity contribution in [3.63, 3.8) is 0 Å². The van der Waals surface area contributed by atoms with Gasteiger partial charge in [0.15, 0.2) is 5.16 Å². The summed E-state index contributed by atoms with van der Waals surface area (Å²) < 4.78 is 5.21. The van der Waals surface area contributed by atoms with E-state index in [1.807, 2.05) is 14.0 Å². The zero-order chi connectivity index (χ0) is 13.7. The maximum atomic E-state index is 12.2. The second kappa shape index (κ2) is 6.38. The van der Waals surface area contributed by atoms with Crippen molar-refractivity contribution in [2.45, 2.75) is 48.6 Å². The van der Waals surface area contributed by atoms with E-state index in [-0.39, 0.29) is 5.97 Å². The molecule has 1 aromatic heterocycles. The summed E-state index contributed by atoms with van der Waals surface area (Å²) in [5.74, 6) is -0.139. The zero-order valence-electron chi connectivity index (χ0n) is 11.3. The number of aromatic amines is 1. The maximum Gasteiger partial charge on any atom is 0.326 e. The maximum absolute atomic E-state index is 12.2. The van der Waals surface area contributed by atoms with Crippen LogP contribution in [0.4, 0.5) is 0 Å². The van der Waals surface area contributed by atoms with E-state index in [1.54, 1.807) is 11.8 Å². The van der Waals surface area contributed by atoms with Crippen molar-refractivity contribution in [3.05, 3.63) is 6.33 Å². The molecule has 7 heteroatoms. The van der Waals surface area contributed by atoms with E-state index in [0.29, 0.717) is 11.9 Å². The van der Waals surface area contributed by atoms with Gasteiger partial charge in [0.25, 0.3) is 0 Å². The van der Waals surface area contributed by atoms with Gasteiger partial charge in [-0.25, -0.2) is 4.98 Å². The number of nitrogens with one attached hydrogen (secondary N) is 2. The molecule has 0 bridgehead atoms. The van der Waals surface area contributed by atoms with Crippen molar-refractivity contribution >= 4 is 17.7 Å². The molecule has 2 unspecified atom stereocenters. The highest BCUT2D eigenvalue weighted by Crippen LogP contribution is 2.37. The van der Waals surface area contributed by atoms with Crippen molar-refractivity contribution in [1.82, 2.24) is 20.5 Å². The van der Waals surface area contributed by atoms with E-state index in [9.17, 15) is 4.79 Å². The summed E-state index contributed by atoms with van der Waals surface area (Å²) in [4.78, 5) is 16.3. The number of aromatic nitrogens is 3. The monoisotopic (exact) mass is 284 g/mol. The predicted octanol–water partition coefficient (Wildman–Crippen LogP) is 1.36. The Morgan fingerprint density at radius 3 is 3.21 bits per heavy atom. The topological polar surface area (TPSA) is 79.9 Å². The van der Waals surface area contributed by atoms with E-state index in [1.165, 1.54) is 6.33 Å². The number of likely N-dealkylation sites (N-methyl/N-ethyl adjacent to an activating group) is 1. The lowest BCUT2D eigenvalue weighted by Gasteiger charge is -2.38. The summed E-state index contributed by atoms with van der Waals surface area (Å²) in [6.45, 7) is 2.26. The molecule has 0 aliphatic heterocycles. The molecule has 0 saturated heterocycles. The molecule has 1 saturated carbocycles. The molecule has 1 aliphatic carbocycles. The van der Waals surface area contributed by atoms with Gasteiger partial charge in [0.1, 0.15) is 11.9 Å². The van der Waals surface area contributed by atoms with Gasteiger partial charge in [-0.05, 0) is 39.7 Å². The fraction of sp³-hybridized carbons (Fsp3) is 0.750. The van der Waals surface area contributed by atoms with Crippen LogP contribution >= 0.6 is 11.8 Å². The lowest BCUT2D eigenvalue weighted by Crippen LogP contribution is -2.54. The third kappa shape index (κ3) is 3.27. The van der Waals surface area contributed by atoms with Crippen molar-refractivity contribution in [2.24, 2.45) is 0 Å². The van der Waals surface area contributed by atoms with Crippen LogP contribution in [0.15, 0.2) is 11.5 Å². The van der Waals surface area contributed by atoms with Gasteiger partial charge in [0.2, 0.25) is 0 Å². The number of hydrogen-bond donors (Lipinski definition) is 2. The molecule has 19 heavy (non-hydrogen) atoms. The van der Waals surface area contributed by atoms with Gasteiger partial charge in [0.05, 0.1) is 6.61 Å². The summed E-state index contributed by atoms with van der Waals surface area (Å²) >= 11 is 1.65. The molecule has 2 atom stereocenters. The SMILES string of the molecule is CCOC(=O)C1(NC)CCCC(Sc2ncn[nH]2)C1. The Kier molecular flexibility index (Phi) is 4.81. The van der Waals surface area contributed by atoms with Gasteiger partial charge in [-0.3, -0.25) is 9.89 Å². The first-order valence-electron chi connectivity index (χ1n) is 6.58. The molecule has 0 aromatic carbocycles. The Bertz CT molecular complexity index is 412. The number of nitrogens with zero attached hydrogens (tertiary/aromatic N) is 2. The van der Waals surface area contributed by atoms with Crippen LogP contribution in [0.2, 0.25) is 0 Å². The van der Waals surface area contributed by atoms with Crippen molar-refractivity contribution in [3.8, 4) is 0 Å². The molecule has 2 N–H and O–H groups in total. The standard InChI is InChI=1S/C12H20N4O2S/c1-3-18-10(17)12(13-2)6-4-5-9(7-12)19-11-14-8-15-16-11/h8-9,13H,3-7H2,1-2H3,(H,14,15,16). The Morgan fingerprint density at radius 2 is 2.58 bits per heavy atom. The van der Waals surface area contributed by atoms with E-state index < -0.39 is 5.54 Å². The number of hydrogen-bond acceptors (Lipinski definition) is 6. The summed E-state index contributed by atoms with van der Waals surface area (Å²) in [6, 6.07) is 0. The quantitative estimate of drug-likeness (QED) is 0.795.